The van der Waals surface area contributed by atoms with Crippen molar-refractivity contribution in [2.24, 2.45) is 7.05 Å². The van der Waals surface area contributed by atoms with Crippen molar-refractivity contribution in [2.75, 3.05) is 24.2 Å². The second-order valence-corrected chi connectivity index (χ2v) is 10.9. The average molecular weight is 486 g/mol. The summed E-state index contributed by atoms with van der Waals surface area (Å²) in [6.07, 6.45) is 2.85. The van der Waals surface area contributed by atoms with Crippen LogP contribution in [0.2, 0.25) is 0 Å². The van der Waals surface area contributed by atoms with E-state index in [0.717, 1.165) is 30.7 Å². The monoisotopic (exact) mass is 485 g/mol. The lowest BCUT2D eigenvalue weighted by Crippen LogP contribution is -2.35. The fourth-order valence-electron chi connectivity index (χ4n) is 3.69. The Morgan fingerprint density at radius 1 is 1.00 bits per heavy atom. The SMILES string of the molecule is Cc1ccc(-c2nnc(SCC(=O)Nc3ccc(S(=O)(=O)N4CCCCC4)cc3)n2C)cc1. The lowest BCUT2D eigenvalue weighted by molar-refractivity contribution is -0.113. The van der Waals surface area contributed by atoms with Crippen LogP contribution in [0.5, 0.6) is 0 Å². The van der Waals surface area contributed by atoms with E-state index < -0.39 is 10.0 Å². The van der Waals surface area contributed by atoms with Crippen LogP contribution in [0, 0.1) is 6.92 Å². The van der Waals surface area contributed by atoms with Crippen LogP contribution in [0.25, 0.3) is 11.4 Å². The molecule has 1 saturated heterocycles. The quantitative estimate of drug-likeness (QED) is 0.513. The van der Waals surface area contributed by atoms with E-state index in [1.807, 2.05) is 42.8 Å². The van der Waals surface area contributed by atoms with Gasteiger partial charge in [0, 0.05) is 31.4 Å². The molecule has 2 heterocycles. The van der Waals surface area contributed by atoms with Gasteiger partial charge in [0.2, 0.25) is 15.9 Å². The molecule has 1 aliphatic rings. The first kappa shape index (κ1) is 23.5. The molecule has 0 spiro atoms. The molecule has 0 radical (unpaired) electrons. The number of piperidine rings is 1. The lowest BCUT2D eigenvalue weighted by atomic mass is 10.1. The van der Waals surface area contributed by atoms with Crippen LogP contribution in [0.4, 0.5) is 5.69 Å². The molecule has 0 atom stereocenters. The zero-order valence-electron chi connectivity index (χ0n) is 18.7. The minimum atomic E-state index is -3.48. The van der Waals surface area contributed by atoms with Crippen molar-refractivity contribution >= 4 is 33.4 Å². The number of amides is 1. The molecular weight excluding hydrogens is 458 g/mol. The first-order valence-electron chi connectivity index (χ1n) is 10.8. The Labute approximate surface area is 198 Å². The van der Waals surface area contributed by atoms with Gasteiger partial charge in [-0.15, -0.1) is 10.2 Å². The molecule has 174 valence electrons. The summed E-state index contributed by atoms with van der Waals surface area (Å²) in [6, 6.07) is 14.4. The van der Waals surface area contributed by atoms with E-state index in [1.165, 1.54) is 21.6 Å². The molecule has 33 heavy (non-hydrogen) atoms. The van der Waals surface area contributed by atoms with Crippen molar-refractivity contribution in [1.29, 1.82) is 0 Å². The molecule has 3 aromatic rings. The van der Waals surface area contributed by atoms with E-state index >= 15 is 0 Å². The van der Waals surface area contributed by atoms with Gasteiger partial charge in [0.15, 0.2) is 11.0 Å². The summed E-state index contributed by atoms with van der Waals surface area (Å²) in [4.78, 5) is 12.7. The fraction of sp³-hybridized carbons (Fsp3) is 0.348. The molecule has 1 aromatic heterocycles. The number of nitrogens with one attached hydrogen (secondary N) is 1. The van der Waals surface area contributed by atoms with E-state index in [2.05, 4.69) is 15.5 Å². The number of benzene rings is 2. The molecule has 0 unspecified atom stereocenters. The number of carbonyl (C=O) groups is 1. The highest BCUT2D eigenvalue weighted by Gasteiger charge is 2.25. The second kappa shape index (κ2) is 10.1. The Bertz CT molecular complexity index is 1220. The zero-order chi connectivity index (χ0) is 23.4. The Morgan fingerprint density at radius 2 is 1.67 bits per heavy atom. The molecular formula is C23H27N5O3S2. The lowest BCUT2D eigenvalue weighted by Gasteiger charge is -2.25. The minimum Gasteiger partial charge on any atom is -0.325 e. The van der Waals surface area contributed by atoms with Crippen LogP contribution in [-0.2, 0) is 21.9 Å². The van der Waals surface area contributed by atoms with Crippen molar-refractivity contribution in [2.45, 2.75) is 36.2 Å². The van der Waals surface area contributed by atoms with Crippen molar-refractivity contribution in [3.05, 3.63) is 54.1 Å². The van der Waals surface area contributed by atoms with E-state index in [0.29, 0.717) is 23.9 Å². The van der Waals surface area contributed by atoms with E-state index in [4.69, 9.17) is 0 Å². The minimum absolute atomic E-state index is 0.160. The number of aromatic nitrogens is 3. The van der Waals surface area contributed by atoms with Gasteiger partial charge in [0.05, 0.1) is 10.6 Å². The second-order valence-electron chi connectivity index (χ2n) is 8.06. The molecule has 1 fully saturated rings. The average Bonchev–Trinajstić information content (AvgIpc) is 3.19. The van der Waals surface area contributed by atoms with Crippen LogP contribution >= 0.6 is 11.8 Å². The number of hydrogen-bond acceptors (Lipinski definition) is 6. The number of carbonyl (C=O) groups excluding carboxylic acids is 1. The highest BCUT2D eigenvalue weighted by atomic mass is 32.2. The maximum atomic E-state index is 12.8. The maximum absolute atomic E-state index is 12.8. The topological polar surface area (TPSA) is 97.2 Å². The molecule has 1 N–H and O–H groups in total. The molecule has 0 aliphatic carbocycles. The predicted octanol–water partition coefficient (Wildman–Crippen LogP) is 3.70. The summed E-state index contributed by atoms with van der Waals surface area (Å²) in [5, 5.41) is 11.9. The predicted molar refractivity (Wildman–Crippen MR) is 130 cm³/mol. The number of rotatable bonds is 7. The Morgan fingerprint density at radius 3 is 2.33 bits per heavy atom. The van der Waals surface area contributed by atoms with Crippen LogP contribution < -0.4 is 5.32 Å². The summed E-state index contributed by atoms with van der Waals surface area (Å²) >= 11 is 1.29. The molecule has 8 nitrogen and oxygen atoms in total. The summed E-state index contributed by atoms with van der Waals surface area (Å²) < 4.78 is 28.9. The molecule has 1 amide bonds. The fourth-order valence-corrected chi connectivity index (χ4v) is 5.91. The Hall–Kier alpha value is -2.69. The summed E-state index contributed by atoms with van der Waals surface area (Å²) in [6.45, 7) is 3.15. The third-order valence-electron chi connectivity index (χ3n) is 5.57. The van der Waals surface area contributed by atoms with Gasteiger partial charge in [0.1, 0.15) is 0 Å². The van der Waals surface area contributed by atoms with E-state index in [1.54, 1.807) is 24.3 Å². The molecule has 0 bridgehead atoms. The maximum Gasteiger partial charge on any atom is 0.243 e. The van der Waals surface area contributed by atoms with Crippen molar-refractivity contribution < 1.29 is 13.2 Å². The summed E-state index contributed by atoms with van der Waals surface area (Å²) in [5.41, 5.74) is 2.69. The molecule has 2 aromatic carbocycles. The number of anilines is 1. The molecule has 1 aliphatic heterocycles. The first-order valence-corrected chi connectivity index (χ1v) is 13.3. The number of thioether (sulfide) groups is 1. The van der Waals surface area contributed by atoms with Gasteiger partial charge in [-0.25, -0.2) is 8.42 Å². The number of sulfonamides is 1. The largest absolute Gasteiger partial charge is 0.325 e. The van der Waals surface area contributed by atoms with Gasteiger partial charge in [0.25, 0.3) is 0 Å². The zero-order valence-corrected chi connectivity index (χ0v) is 20.3. The van der Waals surface area contributed by atoms with Gasteiger partial charge < -0.3 is 9.88 Å². The van der Waals surface area contributed by atoms with Crippen LogP contribution in [-0.4, -0.2) is 52.2 Å². The third-order valence-corrected chi connectivity index (χ3v) is 8.50. The van der Waals surface area contributed by atoms with Gasteiger partial charge in [-0.05, 0) is 44.0 Å². The molecule has 4 rings (SSSR count). The molecule has 0 saturated carbocycles. The number of aryl methyl sites for hydroxylation is 1. The molecule has 10 heteroatoms. The van der Waals surface area contributed by atoms with Crippen molar-refractivity contribution in [3.8, 4) is 11.4 Å². The van der Waals surface area contributed by atoms with Gasteiger partial charge >= 0.3 is 0 Å². The Balaban J connectivity index is 1.34. The van der Waals surface area contributed by atoms with Crippen molar-refractivity contribution in [1.82, 2.24) is 19.1 Å². The smallest absolute Gasteiger partial charge is 0.243 e. The number of hydrogen-bond donors (Lipinski definition) is 1. The number of nitrogens with zero attached hydrogens (tertiary/aromatic N) is 4. The van der Waals surface area contributed by atoms with Crippen LogP contribution in [0.15, 0.2) is 58.6 Å². The van der Waals surface area contributed by atoms with E-state index in [-0.39, 0.29) is 16.6 Å². The Kier molecular flexibility index (Phi) is 7.16. The first-order chi connectivity index (χ1) is 15.8. The van der Waals surface area contributed by atoms with Crippen LogP contribution in [0.3, 0.4) is 0 Å². The summed E-state index contributed by atoms with van der Waals surface area (Å²) in [5.74, 6) is 0.697. The third kappa shape index (κ3) is 5.45. The standard InChI is InChI=1S/C23H27N5O3S2/c1-17-6-8-18(9-7-17)22-25-26-23(27(22)2)32-16-21(29)24-19-10-12-20(13-11-19)33(30,31)28-14-4-3-5-15-28/h6-13H,3-5,14-16H2,1-2H3,(H,24,29). The van der Waals surface area contributed by atoms with Crippen LogP contribution in [0.1, 0.15) is 24.8 Å². The van der Waals surface area contributed by atoms with Gasteiger partial charge in [-0.1, -0.05) is 48.0 Å². The highest BCUT2D eigenvalue weighted by molar-refractivity contribution is 7.99. The van der Waals surface area contributed by atoms with Gasteiger partial charge in [-0.3, -0.25) is 4.79 Å². The summed E-state index contributed by atoms with van der Waals surface area (Å²) in [7, 11) is -1.61. The highest BCUT2D eigenvalue weighted by Crippen LogP contribution is 2.24. The normalized spacial score (nSPS) is 14.8. The van der Waals surface area contributed by atoms with Gasteiger partial charge in [-0.2, -0.15) is 4.31 Å². The van der Waals surface area contributed by atoms with E-state index in [9.17, 15) is 13.2 Å². The van der Waals surface area contributed by atoms with Crippen molar-refractivity contribution in [3.63, 3.8) is 0 Å².